The summed E-state index contributed by atoms with van der Waals surface area (Å²) >= 11 is 12.5. The summed E-state index contributed by atoms with van der Waals surface area (Å²) in [6.45, 7) is 4.42. The number of aryl methyl sites for hydroxylation is 2. The van der Waals surface area contributed by atoms with Gasteiger partial charge in [-0.3, -0.25) is 4.79 Å². The van der Waals surface area contributed by atoms with Crippen molar-refractivity contribution in [1.29, 1.82) is 0 Å². The molecular formula is C22H21Cl2NO3. The van der Waals surface area contributed by atoms with Crippen LogP contribution in [0.4, 0.5) is 0 Å². The Kier molecular flexibility index (Phi) is 6.65. The average molecular weight is 418 g/mol. The average Bonchev–Trinajstić information content (AvgIpc) is 3.18. The molecule has 1 aromatic heterocycles. The number of hydrogen-bond acceptors (Lipinski definition) is 3. The van der Waals surface area contributed by atoms with E-state index < -0.39 is 0 Å². The van der Waals surface area contributed by atoms with Gasteiger partial charge in [-0.15, -0.1) is 0 Å². The number of rotatable bonds is 7. The first-order valence-electron chi connectivity index (χ1n) is 8.87. The second kappa shape index (κ2) is 9.18. The standard InChI is InChI=1S/C22H21Cl2NO3/c1-15-10-19(11-16(2)22(15)24)28-14-21(26)25(13-18-7-5-9-27-18)12-17-6-3-4-8-20(17)23/h3-11H,12-14H2,1-2H3. The van der Waals surface area contributed by atoms with Gasteiger partial charge in [-0.25, -0.2) is 0 Å². The molecule has 1 heterocycles. The molecule has 2 aromatic carbocycles. The summed E-state index contributed by atoms with van der Waals surface area (Å²) in [7, 11) is 0. The van der Waals surface area contributed by atoms with Crippen LogP contribution in [0.1, 0.15) is 22.5 Å². The smallest absolute Gasteiger partial charge is 0.261 e. The molecule has 0 spiro atoms. The Morgan fingerprint density at radius 3 is 2.39 bits per heavy atom. The molecule has 0 saturated heterocycles. The number of hydrogen-bond donors (Lipinski definition) is 0. The number of ether oxygens (including phenoxy) is 1. The van der Waals surface area contributed by atoms with Gasteiger partial charge in [0.05, 0.1) is 12.8 Å². The van der Waals surface area contributed by atoms with Crippen LogP contribution < -0.4 is 4.74 Å². The van der Waals surface area contributed by atoms with Crippen molar-refractivity contribution in [3.05, 3.63) is 87.3 Å². The SMILES string of the molecule is Cc1cc(OCC(=O)N(Cc2ccco2)Cc2ccccc2Cl)cc(C)c1Cl. The van der Waals surface area contributed by atoms with Gasteiger partial charge in [0.2, 0.25) is 0 Å². The van der Waals surface area contributed by atoms with E-state index in [1.807, 2.05) is 56.3 Å². The Morgan fingerprint density at radius 1 is 1.04 bits per heavy atom. The molecule has 0 aliphatic rings. The Hall–Kier alpha value is -2.43. The van der Waals surface area contributed by atoms with Crippen molar-refractivity contribution in [2.24, 2.45) is 0 Å². The van der Waals surface area contributed by atoms with E-state index in [-0.39, 0.29) is 12.5 Å². The van der Waals surface area contributed by atoms with E-state index in [2.05, 4.69) is 0 Å². The first kappa shape index (κ1) is 20.3. The largest absolute Gasteiger partial charge is 0.484 e. The molecule has 0 aliphatic heterocycles. The first-order valence-corrected chi connectivity index (χ1v) is 9.62. The van der Waals surface area contributed by atoms with E-state index in [1.165, 1.54) is 0 Å². The van der Waals surface area contributed by atoms with Crippen molar-refractivity contribution in [2.75, 3.05) is 6.61 Å². The highest BCUT2D eigenvalue weighted by Crippen LogP contribution is 2.26. The van der Waals surface area contributed by atoms with Gasteiger partial charge < -0.3 is 14.1 Å². The van der Waals surface area contributed by atoms with Crippen molar-refractivity contribution in [3.8, 4) is 5.75 Å². The zero-order valence-electron chi connectivity index (χ0n) is 15.7. The molecule has 0 atom stereocenters. The van der Waals surface area contributed by atoms with Crippen LogP contribution in [0.2, 0.25) is 10.0 Å². The Balaban J connectivity index is 1.73. The van der Waals surface area contributed by atoms with E-state index in [9.17, 15) is 4.79 Å². The molecule has 3 aromatic rings. The van der Waals surface area contributed by atoms with E-state index in [4.69, 9.17) is 32.4 Å². The summed E-state index contributed by atoms with van der Waals surface area (Å²) in [6.07, 6.45) is 1.59. The summed E-state index contributed by atoms with van der Waals surface area (Å²) in [5.41, 5.74) is 2.68. The van der Waals surface area contributed by atoms with E-state index >= 15 is 0 Å². The summed E-state index contributed by atoms with van der Waals surface area (Å²) in [4.78, 5) is 14.5. The van der Waals surface area contributed by atoms with Crippen LogP contribution in [0, 0.1) is 13.8 Å². The van der Waals surface area contributed by atoms with Crippen LogP contribution in [0.25, 0.3) is 0 Å². The lowest BCUT2D eigenvalue weighted by Gasteiger charge is -2.22. The summed E-state index contributed by atoms with van der Waals surface area (Å²) in [5, 5.41) is 1.32. The Labute approximate surface area is 174 Å². The highest BCUT2D eigenvalue weighted by atomic mass is 35.5. The minimum atomic E-state index is -0.165. The molecule has 3 rings (SSSR count). The van der Waals surface area contributed by atoms with E-state index in [0.29, 0.717) is 34.6 Å². The number of carbonyl (C=O) groups excluding carboxylic acids is 1. The normalized spacial score (nSPS) is 10.7. The zero-order valence-corrected chi connectivity index (χ0v) is 17.3. The molecule has 146 valence electrons. The summed E-state index contributed by atoms with van der Waals surface area (Å²) in [6, 6.07) is 14.7. The third-order valence-corrected chi connectivity index (χ3v) is 5.34. The highest BCUT2D eigenvalue weighted by molar-refractivity contribution is 6.32. The number of benzene rings is 2. The summed E-state index contributed by atoms with van der Waals surface area (Å²) in [5.74, 6) is 1.14. The lowest BCUT2D eigenvalue weighted by molar-refractivity contribution is -0.134. The van der Waals surface area contributed by atoms with Crippen molar-refractivity contribution in [1.82, 2.24) is 4.90 Å². The van der Waals surface area contributed by atoms with Crippen LogP contribution in [-0.2, 0) is 17.9 Å². The fourth-order valence-electron chi connectivity index (χ4n) is 2.88. The van der Waals surface area contributed by atoms with Crippen LogP contribution >= 0.6 is 23.2 Å². The molecule has 0 radical (unpaired) electrons. The van der Waals surface area contributed by atoms with E-state index in [1.54, 1.807) is 17.2 Å². The minimum Gasteiger partial charge on any atom is -0.484 e. The zero-order chi connectivity index (χ0) is 20.1. The fourth-order valence-corrected chi connectivity index (χ4v) is 3.19. The molecule has 0 unspecified atom stereocenters. The molecular weight excluding hydrogens is 397 g/mol. The molecule has 0 fully saturated rings. The maximum atomic E-state index is 12.9. The van der Waals surface area contributed by atoms with Gasteiger partial charge in [-0.1, -0.05) is 41.4 Å². The second-order valence-electron chi connectivity index (χ2n) is 6.58. The lowest BCUT2D eigenvalue weighted by Crippen LogP contribution is -2.34. The minimum absolute atomic E-state index is 0.0916. The number of amides is 1. The summed E-state index contributed by atoms with van der Waals surface area (Å²) < 4.78 is 11.1. The van der Waals surface area contributed by atoms with Crippen molar-refractivity contribution >= 4 is 29.1 Å². The van der Waals surface area contributed by atoms with Gasteiger partial charge in [0.25, 0.3) is 5.91 Å². The van der Waals surface area contributed by atoms with Gasteiger partial charge >= 0.3 is 0 Å². The maximum Gasteiger partial charge on any atom is 0.261 e. The quantitative estimate of drug-likeness (QED) is 0.486. The van der Waals surface area contributed by atoms with Crippen molar-refractivity contribution in [2.45, 2.75) is 26.9 Å². The monoisotopic (exact) mass is 417 g/mol. The third-order valence-electron chi connectivity index (χ3n) is 4.37. The third kappa shape index (κ3) is 5.09. The van der Waals surface area contributed by atoms with Gasteiger partial charge in [0.1, 0.15) is 11.5 Å². The molecule has 0 saturated carbocycles. The van der Waals surface area contributed by atoms with Crippen LogP contribution in [0.15, 0.2) is 59.2 Å². The van der Waals surface area contributed by atoms with Crippen molar-refractivity contribution < 1.29 is 13.9 Å². The van der Waals surface area contributed by atoms with Crippen LogP contribution in [-0.4, -0.2) is 17.4 Å². The van der Waals surface area contributed by atoms with Crippen LogP contribution in [0.5, 0.6) is 5.75 Å². The fraction of sp³-hybridized carbons (Fsp3) is 0.227. The number of nitrogens with zero attached hydrogens (tertiary/aromatic N) is 1. The van der Waals surface area contributed by atoms with Gasteiger partial charge in [0, 0.05) is 16.6 Å². The number of furan rings is 1. The maximum absolute atomic E-state index is 12.9. The topological polar surface area (TPSA) is 42.7 Å². The number of halogens is 2. The van der Waals surface area contributed by atoms with E-state index in [0.717, 1.165) is 16.7 Å². The Morgan fingerprint density at radius 2 is 1.75 bits per heavy atom. The number of carbonyl (C=O) groups is 1. The second-order valence-corrected chi connectivity index (χ2v) is 7.37. The molecule has 6 heteroatoms. The van der Waals surface area contributed by atoms with Gasteiger partial charge in [-0.2, -0.15) is 0 Å². The predicted octanol–water partition coefficient (Wildman–Crippen LogP) is 5.81. The Bertz CT molecular complexity index is 931. The molecule has 0 N–H and O–H groups in total. The van der Waals surface area contributed by atoms with Gasteiger partial charge in [-0.05, 0) is 60.9 Å². The first-order chi connectivity index (χ1) is 13.4. The highest BCUT2D eigenvalue weighted by Gasteiger charge is 2.18. The molecule has 28 heavy (non-hydrogen) atoms. The predicted molar refractivity (Wildman–Crippen MR) is 111 cm³/mol. The van der Waals surface area contributed by atoms with Crippen molar-refractivity contribution in [3.63, 3.8) is 0 Å². The molecule has 1 amide bonds. The molecule has 0 aliphatic carbocycles. The molecule has 0 bridgehead atoms. The van der Waals surface area contributed by atoms with Crippen LogP contribution in [0.3, 0.4) is 0 Å². The lowest BCUT2D eigenvalue weighted by atomic mass is 10.1. The van der Waals surface area contributed by atoms with Gasteiger partial charge in [0.15, 0.2) is 6.61 Å². The molecule has 4 nitrogen and oxygen atoms in total.